The lowest BCUT2D eigenvalue weighted by Crippen LogP contribution is -2.59. The summed E-state index contributed by atoms with van der Waals surface area (Å²) in [5.41, 5.74) is 1.66. The normalized spacial score (nSPS) is 24.5. The topological polar surface area (TPSA) is 43.7 Å². The standard InChI is InChI=1S/C21H27NO2.BrH/c1-20(2)19(22(3)4)12-16-10-11-17(23)13-18(16)21(20,24)14-15-8-6-5-7-9-15;/h5-11,13,19,23-24H,12,14H2,1-4H3;1H. The Balaban J connectivity index is 0.00000225. The molecule has 0 heterocycles. The monoisotopic (exact) mass is 405 g/mol. The first-order chi connectivity index (χ1) is 11.3. The van der Waals surface area contributed by atoms with E-state index >= 15 is 0 Å². The van der Waals surface area contributed by atoms with Gasteiger partial charge in [0.05, 0.1) is 0 Å². The van der Waals surface area contributed by atoms with Crippen LogP contribution in [0.4, 0.5) is 0 Å². The predicted molar refractivity (Wildman–Crippen MR) is 107 cm³/mol. The van der Waals surface area contributed by atoms with Crippen molar-refractivity contribution in [1.29, 1.82) is 0 Å². The summed E-state index contributed by atoms with van der Waals surface area (Å²) in [4.78, 5) is 2.20. The molecule has 2 unspecified atom stereocenters. The Bertz CT molecular complexity index is 730. The molecule has 1 aliphatic rings. The van der Waals surface area contributed by atoms with Crippen LogP contribution in [0.1, 0.15) is 30.5 Å². The maximum Gasteiger partial charge on any atom is 0.115 e. The molecule has 136 valence electrons. The third-order valence-electron chi connectivity index (χ3n) is 5.78. The molecule has 25 heavy (non-hydrogen) atoms. The van der Waals surface area contributed by atoms with Crippen molar-refractivity contribution in [3.05, 3.63) is 65.2 Å². The number of hydrogen-bond acceptors (Lipinski definition) is 3. The number of phenolic OH excluding ortho intramolecular Hbond substituents is 1. The van der Waals surface area contributed by atoms with Crippen LogP contribution in [-0.4, -0.2) is 35.3 Å². The Morgan fingerprint density at radius 1 is 1.08 bits per heavy atom. The van der Waals surface area contributed by atoms with Crippen LogP contribution in [0.25, 0.3) is 0 Å². The Morgan fingerprint density at radius 3 is 2.32 bits per heavy atom. The molecule has 3 rings (SSSR count). The largest absolute Gasteiger partial charge is 0.508 e. The first kappa shape index (κ1) is 20.0. The minimum absolute atomic E-state index is 0. The van der Waals surface area contributed by atoms with Gasteiger partial charge < -0.3 is 15.1 Å². The van der Waals surface area contributed by atoms with Crippen molar-refractivity contribution in [2.75, 3.05) is 14.1 Å². The molecular weight excluding hydrogens is 378 g/mol. The van der Waals surface area contributed by atoms with Crippen LogP contribution in [0.5, 0.6) is 5.75 Å². The number of aliphatic hydroxyl groups is 1. The van der Waals surface area contributed by atoms with Gasteiger partial charge in [-0.2, -0.15) is 0 Å². The van der Waals surface area contributed by atoms with E-state index in [4.69, 9.17) is 0 Å². The van der Waals surface area contributed by atoms with Crippen molar-refractivity contribution in [3.63, 3.8) is 0 Å². The fraction of sp³-hybridized carbons (Fsp3) is 0.429. The quantitative estimate of drug-likeness (QED) is 0.813. The first-order valence-electron chi connectivity index (χ1n) is 8.51. The van der Waals surface area contributed by atoms with E-state index in [1.54, 1.807) is 12.1 Å². The molecule has 0 fully saturated rings. The highest BCUT2D eigenvalue weighted by atomic mass is 79.9. The summed E-state index contributed by atoms with van der Waals surface area (Å²) in [6.07, 6.45) is 1.40. The lowest BCUT2D eigenvalue weighted by molar-refractivity contribution is -0.118. The minimum atomic E-state index is -1.05. The number of nitrogens with zero attached hydrogens (tertiary/aromatic N) is 1. The lowest BCUT2D eigenvalue weighted by atomic mass is 9.58. The molecule has 1 aliphatic carbocycles. The summed E-state index contributed by atoms with van der Waals surface area (Å²) in [7, 11) is 4.14. The zero-order valence-corrected chi connectivity index (χ0v) is 17.1. The molecule has 0 aromatic heterocycles. The van der Waals surface area contributed by atoms with Crippen molar-refractivity contribution in [3.8, 4) is 5.75 Å². The molecule has 0 amide bonds. The van der Waals surface area contributed by atoms with Crippen molar-refractivity contribution >= 4 is 17.0 Å². The number of likely N-dealkylation sites (N-methyl/N-ethyl adjacent to an activating group) is 1. The zero-order chi connectivity index (χ0) is 17.5. The van der Waals surface area contributed by atoms with Crippen molar-refractivity contribution < 1.29 is 10.2 Å². The fourth-order valence-electron chi connectivity index (χ4n) is 4.26. The van der Waals surface area contributed by atoms with Gasteiger partial charge in [-0.1, -0.05) is 50.2 Å². The van der Waals surface area contributed by atoms with Crippen LogP contribution in [0, 0.1) is 5.41 Å². The van der Waals surface area contributed by atoms with E-state index in [2.05, 4.69) is 45.0 Å². The SMILES string of the molecule is Br.CN(C)C1Cc2ccc(O)cc2C(O)(Cc2ccccc2)C1(C)C. The van der Waals surface area contributed by atoms with Crippen LogP contribution in [0.2, 0.25) is 0 Å². The Morgan fingerprint density at radius 2 is 1.72 bits per heavy atom. The number of halogens is 1. The predicted octanol–water partition coefficient (Wildman–Crippen LogP) is 3.91. The molecule has 0 aliphatic heterocycles. The Hall–Kier alpha value is -1.36. The molecule has 4 heteroatoms. The fourth-order valence-corrected chi connectivity index (χ4v) is 4.26. The second kappa shape index (κ2) is 7.10. The average Bonchev–Trinajstić information content (AvgIpc) is 2.52. The van der Waals surface area contributed by atoms with E-state index in [9.17, 15) is 10.2 Å². The van der Waals surface area contributed by atoms with Crippen molar-refractivity contribution in [2.24, 2.45) is 5.41 Å². The molecule has 0 spiro atoms. The summed E-state index contributed by atoms with van der Waals surface area (Å²) in [6, 6.07) is 15.7. The van der Waals surface area contributed by atoms with Gasteiger partial charge in [0.25, 0.3) is 0 Å². The van der Waals surface area contributed by atoms with E-state index in [-0.39, 0.29) is 34.2 Å². The van der Waals surface area contributed by atoms with Crippen LogP contribution < -0.4 is 0 Å². The summed E-state index contributed by atoms with van der Waals surface area (Å²) in [5, 5.41) is 21.9. The molecule has 0 saturated heterocycles. The van der Waals surface area contributed by atoms with Gasteiger partial charge in [-0.25, -0.2) is 0 Å². The molecule has 2 N–H and O–H groups in total. The number of fused-ring (bicyclic) bond motifs is 1. The molecule has 2 aromatic rings. The molecule has 2 atom stereocenters. The van der Waals surface area contributed by atoms with Gasteiger partial charge in [0, 0.05) is 17.9 Å². The van der Waals surface area contributed by atoms with Gasteiger partial charge in [0.2, 0.25) is 0 Å². The smallest absolute Gasteiger partial charge is 0.115 e. The van der Waals surface area contributed by atoms with Gasteiger partial charge in [-0.3, -0.25) is 0 Å². The molecule has 0 saturated carbocycles. The Labute approximate surface area is 161 Å². The summed E-state index contributed by atoms with van der Waals surface area (Å²) in [6.45, 7) is 4.27. The molecular formula is C21H28BrNO2. The summed E-state index contributed by atoms with van der Waals surface area (Å²) < 4.78 is 0. The molecule has 3 nitrogen and oxygen atoms in total. The van der Waals surface area contributed by atoms with Gasteiger partial charge in [0.1, 0.15) is 11.4 Å². The molecule has 2 aromatic carbocycles. The van der Waals surface area contributed by atoms with E-state index < -0.39 is 5.60 Å². The highest BCUT2D eigenvalue weighted by Crippen LogP contribution is 2.51. The van der Waals surface area contributed by atoms with E-state index in [1.165, 1.54) is 0 Å². The van der Waals surface area contributed by atoms with E-state index in [0.717, 1.165) is 23.1 Å². The van der Waals surface area contributed by atoms with Crippen molar-refractivity contribution in [1.82, 2.24) is 4.90 Å². The Kier molecular flexibility index (Phi) is 5.67. The van der Waals surface area contributed by atoms with Crippen LogP contribution in [0.3, 0.4) is 0 Å². The minimum Gasteiger partial charge on any atom is -0.508 e. The maximum atomic E-state index is 11.9. The number of benzene rings is 2. The van der Waals surface area contributed by atoms with Gasteiger partial charge in [-0.15, -0.1) is 17.0 Å². The third-order valence-corrected chi connectivity index (χ3v) is 5.78. The van der Waals surface area contributed by atoms with Crippen molar-refractivity contribution in [2.45, 2.75) is 38.3 Å². The van der Waals surface area contributed by atoms with Crippen LogP contribution in [-0.2, 0) is 18.4 Å². The van der Waals surface area contributed by atoms with E-state index in [1.807, 2.05) is 24.3 Å². The highest BCUT2D eigenvalue weighted by Gasteiger charge is 2.54. The number of rotatable bonds is 3. The number of hydrogen-bond donors (Lipinski definition) is 2. The lowest BCUT2D eigenvalue weighted by Gasteiger charge is -2.54. The average molecular weight is 406 g/mol. The second-order valence-electron chi connectivity index (χ2n) is 7.77. The number of aromatic hydroxyl groups is 1. The number of phenols is 1. The maximum absolute atomic E-state index is 11.9. The third kappa shape index (κ3) is 3.35. The van der Waals surface area contributed by atoms with Crippen LogP contribution in [0.15, 0.2) is 48.5 Å². The van der Waals surface area contributed by atoms with E-state index in [0.29, 0.717) is 6.42 Å². The summed E-state index contributed by atoms with van der Waals surface area (Å²) in [5.74, 6) is 0.208. The summed E-state index contributed by atoms with van der Waals surface area (Å²) >= 11 is 0. The van der Waals surface area contributed by atoms with Crippen LogP contribution >= 0.6 is 17.0 Å². The molecule has 0 radical (unpaired) electrons. The second-order valence-corrected chi connectivity index (χ2v) is 7.77. The first-order valence-corrected chi connectivity index (χ1v) is 8.51. The molecule has 0 bridgehead atoms. The van der Waals surface area contributed by atoms with Gasteiger partial charge in [0.15, 0.2) is 0 Å². The zero-order valence-electron chi connectivity index (χ0n) is 15.4. The highest BCUT2D eigenvalue weighted by molar-refractivity contribution is 8.93. The van der Waals surface area contributed by atoms with Gasteiger partial charge >= 0.3 is 0 Å². The van der Waals surface area contributed by atoms with Gasteiger partial charge in [-0.05, 0) is 49.3 Å².